The zero-order valence-corrected chi connectivity index (χ0v) is 15.4. The largest absolute Gasteiger partial charge is 0.369 e. The van der Waals surface area contributed by atoms with Crippen LogP contribution in [0.2, 0.25) is 0 Å². The molecule has 1 aromatic heterocycles. The third kappa shape index (κ3) is 4.28. The minimum atomic E-state index is -0.182. The first-order valence-electron chi connectivity index (χ1n) is 8.95. The second-order valence-corrected chi connectivity index (χ2v) is 8.06. The summed E-state index contributed by atoms with van der Waals surface area (Å²) < 4.78 is 2.03. The molecule has 1 aromatic carbocycles. The van der Waals surface area contributed by atoms with Gasteiger partial charge < -0.3 is 5.73 Å². The molecule has 0 unspecified atom stereocenters. The normalized spacial score (nSPS) is 18.6. The van der Waals surface area contributed by atoms with Gasteiger partial charge in [0.25, 0.3) is 0 Å². The van der Waals surface area contributed by atoms with Crippen LogP contribution in [0.15, 0.2) is 36.5 Å². The van der Waals surface area contributed by atoms with Crippen molar-refractivity contribution in [2.24, 2.45) is 11.7 Å². The van der Waals surface area contributed by atoms with Gasteiger partial charge in [-0.2, -0.15) is 5.10 Å². The third-order valence-corrected chi connectivity index (χ3v) is 4.80. The fraction of sp³-hybridized carbons (Fsp3) is 0.500. The number of aromatic nitrogens is 2. The molecule has 1 amide bonds. The molecule has 0 bridgehead atoms. The summed E-state index contributed by atoms with van der Waals surface area (Å²) in [5, 5.41) is 4.87. The SMILES string of the molecule is CC(C)(C)c1nn(Cc2ccccc2)cc1CN1CC[C@H](C(N)=O)C1. The maximum atomic E-state index is 11.4. The first-order valence-corrected chi connectivity index (χ1v) is 8.95. The van der Waals surface area contributed by atoms with Crippen LogP contribution in [-0.2, 0) is 23.3 Å². The van der Waals surface area contributed by atoms with Crippen molar-refractivity contribution in [1.29, 1.82) is 0 Å². The van der Waals surface area contributed by atoms with Crippen molar-refractivity contribution in [3.8, 4) is 0 Å². The Labute approximate surface area is 149 Å². The van der Waals surface area contributed by atoms with Gasteiger partial charge in [-0.1, -0.05) is 51.1 Å². The summed E-state index contributed by atoms with van der Waals surface area (Å²) >= 11 is 0. The quantitative estimate of drug-likeness (QED) is 0.910. The molecule has 25 heavy (non-hydrogen) atoms. The number of likely N-dealkylation sites (tertiary alicyclic amines) is 1. The molecule has 1 saturated heterocycles. The van der Waals surface area contributed by atoms with E-state index in [1.165, 1.54) is 11.1 Å². The number of hydrogen-bond donors (Lipinski definition) is 1. The maximum absolute atomic E-state index is 11.4. The summed E-state index contributed by atoms with van der Waals surface area (Å²) in [6.07, 6.45) is 3.02. The van der Waals surface area contributed by atoms with Crippen molar-refractivity contribution in [3.63, 3.8) is 0 Å². The van der Waals surface area contributed by atoms with Gasteiger partial charge >= 0.3 is 0 Å². The van der Waals surface area contributed by atoms with Gasteiger partial charge in [0.1, 0.15) is 0 Å². The zero-order chi connectivity index (χ0) is 18.0. The molecular weight excluding hydrogens is 312 g/mol. The standard InChI is InChI=1S/C20H28N4O/c1-20(2,3)18-17(13-23-10-9-16(12-23)19(21)25)14-24(22-18)11-15-7-5-4-6-8-15/h4-8,14,16H,9-13H2,1-3H3,(H2,21,25)/t16-/m0/s1. The van der Waals surface area contributed by atoms with Gasteiger partial charge in [0.05, 0.1) is 18.2 Å². The first kappa shape index (κ1) is 17.7. The molecule has 3 rings (SSSR count). The van der Waals surface area contributed by atoms with Gasteiger partial charge in [-0.05, 0) is 18.5 Å². The highest BCUT2D eigenvalue weighted by Crippen LogP contribution is 2.27. The third-order valence-electron chi connectivity index (χ3n) is 4.80. The lowest BCUT2D eigenvalue weighted by Crippen LogP contribution is -2.27. The summed E-state index contributed by atoms with van der Waals surface area (Å²) in [5.74, 6) is -0.198. The molecule has 2 N–H and O–H groups in total. The number of nitrogens with zero attached hydrogens (tertiary/aromatic N) is 3. The van der Waals surface area contributed by atoms with Gasteiger partial charge in [-0.25, -0.2) is 0 Å². The van der Waals surface area contributed by atoms with E-state index in [0.29, 0.717) is 0 Å². The maximum Gasteiger partial charge on any atom is 0.221 e. The van der Waals surface area contributed by atoms with Crippen LogP contribution in [0, 0.1) is 5.92 Å². The fourth-order valence-electron chi connectivity index (χ4n) is 3.51. The van der Waals surface area contributed by atoms with Gasteiger partial charge in [-0.15, -0.1) is 0 Å². The average Bonchev–Trinajstić information content (AvgIpc) is 3.15. The number of primary amides is 1. The van der Waals surface area contributed by atoms with E-state index in [4.69, 9.17) is 10.8 Å². The van der Waals surface area contributed by atoms with E-state index in [2.05, 4.69) is 56.1 Å². The monoisotopic (exact) mass is 340 g/mol. The molecule has 1 aliphatic heterocycles. The highest BCUT2D eigenvalue weighted by atomic mass is 16.1. The molecule has 5 nitrogen and oxygen atoms in total. The van der Waals surface area contributed by atoms with Gasteiger partial charge in [-0.3, -0.25) is 14.4 Å². The lowest BCUT2D eigenvalue weighted by atomic mass is 9.89. The molecule has 2 heterocycles. The number of rotatable bonds is 5. The molecule has 0 aliphatic carbocycles. The van der Waals surface area contributed by atoms with Crippen LogP contribution in [0.25, 0.3) is 0 Å². The van der Waals surface area contributed by atoms with E-state index in [0.717, 1.165) is 38.3 Å². The van der Waals surface area contributed by atoms with Crippen molar-refractivity contribution in [2.45, 2.75) is 45.7 Å². The Morgan fingerprint density at radius 1 is 1.24 bits per heavy atom. The molecular formula is C20H28N4O. The number of carbonyl (C=O) groups is 1. The minimum absolute atomic E-state index is 0.0138. The summed E-state index contributed by atoms with van der Waals surface area (Å²) in [6, 6.07) is 10.4. The number of benzene rings is 1. The minimum Gasteiger partial charge on any atom is -0.369 e. The van der Waals surface area contributed by atoms with Crippen LogP contribution in [0.4, 0.5) is 0 Å². The second-order valence-electron chi connectivity index (χ2n) is 8.06. The van der Waals surface area contributed by atoms with Gasteiger partial charge in [0, 0.05) is 30.3 Å². The molecule has 1 aliphatic rings. The van der Waals surface area contributed by atoms with Crippen molar-refractivity contribution < 1.29 is 4.79 Å². The summed E-state index contributed by atoms with van der Waals surface area (Å²) in [6.45, 7) is 9.86. The van der Waals surface area contributed by atoms with Crippen LogP contribution < -0.4 is 5.73 Å². The summed E-state index contributed by atoms with van der Waals surface area (Å²) in [4.78, 5) is 13.7. The van der Waals surface area contributed by atoms with E-state index in [1.807, 2.05) is 10.7 Å². The smallest absolute Gasteiger partial charge is 0.221 e. The Morgan fingerprint density at radius 3 is 2.56 bits per heavy atom. The molecule has 2 aromatic rings. The summed E-state index contributed by atoms with van der Waals surface area (Å²) in [5.41, 5.74) is 9.06. The van der Waals surface area contributed by atoms with Gasteiger partial charge in [0.2, 0.25) is 5.91 Å². The number of amides is 1. The lowest BCUT2D eigenvalue weighted by Gasteiger charge is -2.20. The van der Waals surface area contributed by atoms with E-state index < -0.39 is 0 Å². The average molecular weight is 340 g/mol. The van der Waals surface area contributed by atoms with E-state index >= 15 is 0 Å². The van der Waals surface area contributed by atoms with Crippen LogP contribution in [-0.4, -0.2) is 33.7 Å². The van der Waals surface area contributed by atoms with Crippen LogP contribution in [0.5, 0.6) is 0 Å². The zero-order valence-electron chi connectivity index (χ0n) is 15.4. The molecule has 1 atom stereocenters. The van der Waals surface area contributed by atoms with Gasteiger partial charge in [0.15, 0.2) is 0 Å². The predicted octanol–water partition coefficient (Wildman–Crippen LogP) is 2.54. The Balaban J connectivity index is 1.79. The Hall–Kier alpha value is -2.14. The topological polar surface area (TPSA) is 64.2 Å². The Kier molecular flexibility index (Phi) is 4.95. The molecule has 0 radical (unpaired) electrons. The molecule has 134 valence electrons. The first-order chi connectivity index (χ1) is 11.8. The van der Waals surface area contributed by atoms with Crippen molar-refractivity contribution in [1.82, 2.24) is 14.7 Å². The van der Waals surface area contributed by atoms with E-state index in [-0.39, 0.29) is 17.2 Å². The molecule has 5 heteroatoms. The predicted molar refractivity (Wildman–Crippen MR) is 99.0 cm³/mol. The molecule has 0 spiro atoms. The van der Waals surface area contributed by atoms with Crippen molar-refractivity contribution >= 4 is 5.91 Å². The Bertz CT molecular complexity index is 730. The highest BCUT2D eigenvalue weighted by Gasteiger charge is 2.29. The molecule has 1 fully saturated rings. The highest BCUT2D eigenvalue weighted by molar-refractivity contribution is 5.77. The van der Waals surface area contributed by atoms with Crippen molar-refractivity contribution in [3.05, 3.63) is 53.3 Å². The van der Waals surface area contributed by atoms with Crippen molar-refractivity contribution in [2.75, 3.05) is 13.1 Å². The second kappa shape index (κ2) is 7.00. The van der Waals surface area contributed by atoms with Crippen LogP contribution in [0.1, 0.15) is 44.0 Å². The fourth-order valence-corrected chi connectivity index (χ4v) is 3.51. The Morgan fingerprint density at radius 2 is 1.96 bits per heavy atom. The number of carbonyl (C=O) groups excluding carboxylic acids is 1. The summed E-state index contributed by atoms with van der Waals surface area (Å²) in [7, 11) is 0. The van der Waals surface area contributed by atoms with E-state index in [1.54, 1.807) is 0 Å². The number of nitrogens with two attached hydrogens (primary N) is 1. The number of hydrogen-bond acceptors (Lipinski definition) is 3. The van der Waals surface area contributed by atoms with Crippen LogP contribution in [0.3, 0.4) is 0 Å². The van der Waals surface area contributed by atoms with Crippen LogP contribution >= 0.6 is 0 Å². The molecule has 0 saturated carbocycles. The lowest BCUT2D eigenvalue weighted by molar-refractivity contribution is -0.121. The van der Waals surface area contributed by atoms with E-state index in [9.17, 15) is 4.79 Å².